The Morgan fingerprint density at radius 3 is 2.88 bits per heavy atom. The Kier molecular flexibility index (Phi) is 6.06. The predicted molar refractivity (Wildman–Crippen MR) is 129 cm³/mol. The number of hydrogen-bond acceptors (Lipinski definition) is 5. The molecular weight excluding hydrogens is 454 g/mol. The minimum Gasteiger partial charge on any atom is -0.482 e. The number of benzene rings is 2. The van der Waals surface area contributed by atoms with E-state index in [2.05, 4.69) is 15.3 Å². The molecule has 1 atom stereocenters. The Morgan fingerprint density at radius 2 is 2.06 bits per heavy atom. The smallest absolute Gasteiger partial charge is 0.322 e. The third kappa shape index (κ3) is 4.41. The molecule has 5 rings (SSSR count). The first-order chi connectivity index (χ1) is 16.5. The molecule has 2 aliphatic rings. The van der Waals surface area contributed by atoms with E-state index in [0.717, 1.165) is 29.7 Å². The summed E-state index contributed by atoms with van der Waals surface area (Å²) in [4.78, 5) is 37.4. The number of fused-ring (bicyclic) bond motifs is 1. The molecule has 2 aliphatic heterocycles. The number of carbonyl (C=O) groups is 2. The van der Waals surface area contributed by atoms with Crippen LogP contribution in [0.1, 0.15) is 35.7 Å². The highest BCUT2D eigenvalue weighted by Gasteiger charge is 2.33. The Morgan fingerprint density at radius 1 is 1.24 bits per heavy atom. The van der Waals surface area contributed by atoms with Crippen LogP contribution in [0.3, 0.4) is 0 Å². The molecule has 1 fully saturated rings. The largest absolute Gasteiger partial charge is 0.482 e. The Labute approximate surface area is 202 Å². The fraction of sp³-hybridized carbons (Fsp3) is 0.280. The van der Waals surface area contributed by atoms with Gasteiger partial charge in [0, 0.05) is 36.9 Å². The van der Waals surface area contributed by atoms with Gasteiger partial charge in [-0.1, -0.05) is 23.7 Å². The third-order valence-corrected chi connectivity index (χ3v) is 6.51. The molecule has 0 radical (unpaired) electrons. The Bertz CT molecular complexity index is 1230. The number of urea groups is 1. The SMILES string of the molecule is CN1C(=O)COc2ccc(NC(=O)N3CCC[C@@H]3c3ncncc3Cc3ccc(Cl)cc3)cc21. The van der Waals surface area contributed by atoms with Gasteiger partial charge < -0.3 is 19.9 Å². The van der Waals surface area contributed by atoms with Crippen molar-refractivity contribution in [3.63, 3.8) is 0 Å². The lowest BCUT2D eigenvalue weighted by Gasteiger charge is -2.28. The monoisotopic (exact) mass is 477 g/mol. The molecular formula is C25H24ClN5O3. The van der Waals surface area contributed by atoms with E-state index in [-0.39, 0.29) is 24.6 Å². The summed E-state index contributed by atoms with van der Waals surface area (Å²) in [6.45, 7) is 0.648. The Hall–Kier alpha value is -3.65. The second-order valence-electron chi connectivity index (χ2n) is 8.44. The quantitative estimate of drug-likeness (QED) is 0.600. The molecule has 8 nitrogen and oxygen atoms in total. The van der Waals surface area contributed by atoms with Crippen LogP contribution in [0, 0.1) is 0 Å². The van der Waals surface area contributed by atoms with Gasteiger partial charge in [-0.3, -0.25) is 4.79 Å². The van der Waals surface area contributed by atoms with E-state index in [1.165, 1.54) is 11.2 Å². The van der Waals surface area contributed by atoms with Crippen LogP contribution < -0.4 is 15.0 Å². The van der Waals surface area contributed by atoms with Crippen molar-refractivity contribution in [1.29, 1.82) is 0 Å². The van der Waals surface area contributed by atoms with Crippen molar-refractivity contribution in [3.05, 3.63) is 76.8 Å². The molecule has 174 valence electrons. The summed E-state index contributed by atoms with van der Waals surface area (Å²) in [5.41, 5.74) is 4.18. The molecule has 2 aromatic carbocycles. The second kappa shape index (κ2) is 9.30. The minimum atomic E-state index is -0.204. The first kappa shape index (κ1) is 22.2. The normalized spacial score (nSPS) is 17.4. The van der Waals surface area contributed by atoms with Gasteiger partial charge in [0.25, 0.3) is 5.91 Å². The van der Waals surface area contributed by atoms with E-state index >= 15 is 0 Å². The molecule has 3 aromatic rings. The van der Waals surface area contributed by atoms with Crippen LogP contribution in [-0.2, 0) is 11.2 Å². The second-order valence-corrected chi connectivity index (χ2v) is 8.88. The average molecular weight is 478 g/mol. The fourth-order valence-electron chi connectivity index (χ4n) is 4.47. The number of carbonyl (C=O) groups excluding carboxylic acids is 2. The van der Waals surface area contributed by atoms with E-state index < -0.39 is 0 Å². The number of nitrogens with zero attached hydrogens (tertiary/aromatic N) is 4. The van der Waals surface area contributed by atoms with Crippen molar-refractivity contribution in [3.8, 4) is 5.75 Å². The zero-order chi connectivity index (χ0) is 23.7. The van der Waals surface area contributed by atoms with E-state index in [0.29, 0.717) is 35.1 Å². The third-order valence-electron chi connectivity index (χ3n) is 6.26. The van der Waals surface area contributed by atoms with Gasteiger partial charge in [-0.25, -0.2) is 14.8 Å². The van der Waals surface area contributed by atoms with Crippen LogP contribution >= 0.6 is 11.6 Å². The fourth-order valence-corrected chi connectivity index (χ4v) is 4.59. The van der Waals surface area contributed by atoms with Crippen LogP contribution in [0.25, 0.3) is 0 Å². The van der Waals surface area contributed by atoms with Crippen molar-refractivity contribution < 1.29 is 14.3 Å². The molecule has 0 spiro atoms. The molecule has 0 saturated carbocycles. The highest BCUT2D eigenvalue weighted by Crippen LogP contribution is 2.36. The van der Waals surface area contributed by atoms with Crippen molar-refractivity contribution >= 4 is 34.9 Å². The summed E-state index contributed by atoms with van der Waals surface area (Å²) in [5.74, 6) is 0.486. The van der Waals surface area contributed by atoms with Crippen LogP contribution in [0.2, 0.25) is 5.02 Å². The maximum absolute atomic E-state index is 13.3. The van der Waals surface area contributed by atoms with Gasteiger partial charge in [-0.05, 0) is 54.3 Å². The number of ether oxygens (including phenoxy) is 1. The predicted octanol–water partition coefficient (Wildman–Crippen LogP) is 4.45. The first-order valence-corrected chi connectivity index (χ1v) is 11.5. The number of hydrogen-bond donors (Lipinski definition) is 1. The van der Waals surface area contributed by atoms with E-state index in [1.807, 2.05) is 35.4 Å². The lowest BCUT2D eigenvalue weighted by Crippen LogP contribution is -2.36. The molecule has 9 heteroatoms. The van der Waals surface area contributed by atoms with Crippen LogP contribution in [0.15, 0.2) is 55.0 Å². The highest BCUT2D eigenvalue weighted by atomic mass is 35.5. The van der Waals surface area contributed by atoms with Crippen molar-refractivity contribution in [2.75, 3.05) is 30.4 Å². The van der Waals surface area contributed by atoms with E-state index in [1.54, 1.807) is 25.2 Å². The first-order valence-electron chi connectivity index (χ1n) is 11.1. The van der Waals surface area contributed by atoms with Gasteiger partial charge in [0.1, 0.15) is 12.1 Å². The lowest BCUT2D eigenvalue weighted by atomic mass is 10.00. The van der Waals surface area contributed by atoms with Gasteiger partial charge in [-0.2, -0.15) is 0 Å². The summed E-state index contributed by atoms with van der Waals surface area (Å²) >= 11 is 6.02. The van der Waals surface area contributed by atoms with Crippen molar-refractivity contribution in [2.24, 2.45) is 0 Å². The molecule has 3 amide bonds. The Balaban J connectivity index is 1.35. The van der Waals surface area contributed by atoms with Gasteiger partial charge >= 0.3 is 6.03 Å². The highest BCUT2D eigenvalue weighted by molar-refractivity contribution is 6.30. The minimum absolute atomic E-state index is 0.0158. The van der Waals surface area contributed by atoms with Crippen molar-refractivity contribution in [1.82, 2.24) is 14.9 Å². The van der Waals surface area contributed by atoms with Crippen LogP contribution in [0.4, 0.5) is 16.2 Å². The molecule has 1 N–H and O–H groups in total. The molecule has 1 aromatic heterocycles. The summed E-state index contributed by atoms with van der Waals surface area (Å²) in [6, 6.07) is 12.7. The number of likely N-dealkylation sites (N-methyl/N-ethyl adjacent to an activating group) is 1. The molecule has 34 heavy (non-hydrogen) atoms. The average Bonchev–Trinajstić information content (AvgIpc) is 3.34. The number of halogens is 1. The van der Waals surface area contributed by atoms with Gasteiger partial charge in [-0.15, -0.1) is 0 Å². The maximum atomic E-state index is 13.3. The number of rotatable bonds is 4. The molecule has 0 unspecified atom stereocenters. The number of likely N-dealkylation sites (tertiary alicyclic amines) is 1. The summed E-state index contributed by atoms with van der Waals surface area (Å²) < 4.78 is 5.47. The number of nitrogens with one attached hydrogen (secondary N) is 1. The molecule has 0 aliphatic carbocycles. The van der Waals surface area contributed by atoms with Gasteiger partial charge in [0.15, 0.2) is 6.61 Å². The van der Waals surface area contributed by atoms with Gasteiger partial charge in [0.2, 0.25) is 0 Å². The van der Waals surface area contributed by atoms with Crippen molar-refractivity contribution in [2.45, 2.75) is 25.3 Å². The zero-order valence-corrected chi connectivity index (χ0v) is 19.5. The van der Waals surface area contributed by atoms with E-state index in [9.17, 15) is 9.59 Å². The standard InChI is InChI=1S/C25H24ClN5O3/c1-30-21-12-19(8-9-22(21)34-14-23(30)32)29-25(33)31-10-2-3-20(31)24-17(13-27-15-28-24)11-16-4-6-18(26)7-5-16/h4-9,12-13,15,20H,2-3,10-11,14H2,1H3,(H,29,33)/t20-/m1/s1. The zero-order valence-electron chi connectivity index (χ0n) is 18.7. The number of anilines is 2. The van der Waals surface area contributed by atoms with Gasteiger partial charge in [0.05, 0.1) is 17.4 Å². The van der Waals surface area contributed by atoms with Crippen LogP contribution in [-0.4, -0.2) is 47.0 Å². The lowest BCUT2D eigenvalue weighted by molar-refractivity contribution is -0.120. The topological polar surface area (TPSA) is 87.7 Å². The molecule has 1 saturated heterocycles. The number of aromatic nitrogens is 2. The maximum Gasteiger partial charge on any atom is 0.322 e. The molecule has 3 heterocycles. The summed E-state index contributed by atoms with van der Waals surface area (Å²) in [6.07, 6.45) is 5.72. The van der Waals surface area contributed by atoms with E-state index in [4.69, 9.17) is 16.3 Å². The van der Waals surface area contributed by atoms with Crippen LogP contribution in [0.5, 0.6) is 5.75 Å². The summed E-state index contributed by atoms with van der Waals surface area (Å²) in [7, 11) is 1.70. The number of amides is 3. The molecule has 0 bridgehead atoms. The summed E-state index contributed by atoms with van der Waals surface area (Å²) in [5, 5.41) is 3.67.